The molecule has 0 aliphatic carbocycles. The summed E-state index contributed by atoms with van der Waals surface area (Å²) >= 11 is 0. The molecule has 0 rings (SSSR count). The van der Waals surface area contributed by atoms with E-state index in [0.717, 1.165) is 0 Å². The van der Waals surface area contributed by atoms with Crippen LogP contribution in [0.25, 0.3) is 0 Å². The third kappa shape index (κ3) is 36.3. The molecule has 0 heterocycles. The summed E-state index contributed by atoms with van der Waals surface area (Å²) in [7, 11) is 0. The quantitative estimate of drug-likeness (QED) is 0.552. The van der Waals surface area contributed by atoms with Gasteiger partial charge in [-0.2, -0.15) is 0 Å². The number of hydrogen-bond acceptors (Lipinski definition) is 2. The Morgan fingerprint density at radius 3 is 0.833 bits per heavy atom. The highest BCUT2D eigenvalue weighted by Crippen LogP contribution is 1.95. The number of carboxylic acid groups (broad SMARTS) is 2. The van der Waals surface area contributed by atoms with E-state index in [4.69, 9.17) is 19.8 Å². The molecule has 4 heteroatoms. The van der Waals surface area contributed by atoms with Crippen LogP contribution in [0.1, 0.15) is 79.1 Å². The SMILES string of the molecule is CCCCCC.CCCCCC.O=C(O)C(=O)O. The van der Waals surface area contributed by atoms with Crippen LogP contribution < -0.4 is 0 Å². The minimum atomic E-state index is -1.82. The number of aliphatic carboxylic acids is 2. The zero-order valence-corrected chi connectivity index (χ0v) is 12.4. The van der Waals surface area contributed by atoms with Gasteiger partial charge in [-0.15, -0.1) is 0 Å². The zero-order chi connectivity index (χ0) is 14.8. The standard InChI is InChI=1S/2C6H14.C2H2O4/c2*1-3-5-6-4-2;3-1(4)2(5)6/h2*3-6H2,1-2H3;(H,3,4)(H,5,6). The summed E-state index contributed by atoms with van der Waals surface area (Å²) < 4.78 is 0. The Hall–Kier alpha value is -1.06. The minimum absolute atomic E-state index is 1.36. The molecular formula is C14H30O4. The van der Waals surface area contributed by atoms with E-state index in [1.807, 2.05) is 0 Å². The second kappa shape index (κ2) is 21.2. The molecule has 0 unspecified atom stereocenters. The third-order valence-electron chi connectivity index (χ3n) is 2.10. The fourth-order valence-corrected chi connectivity index (χ4v) is 1.000. The fraction of sp³-hybridized carbons (Fsp3) is 0.857. The topological polar surface area (TPSA) is 74.6 Å². The van der Waals surface area contributed by atoms with Crippen LogP contribution in [0.2, 0.25) is 0 Å². The minimum Gasteiger partial charge on any atom is -0.473 e. The largest absolute Gasteiger partial charge is 0.473 e. The molecule has 4 nitrogen and oxygen atoms in total. The van der Waals surface area contributed by atoms with Crippen LogP contribution in [0, 0.1) is 0 Å². The van der Waals surface area contributed by atoms with Crippen molar-refractivity contribution in [1.82, 2.24) is 0 Å². The first-order valence-electron chi connectivity index (χ1n) is 6.93. The van der Waals surface area contributed by atoms with Gasteiger partial charge in [0.1, 0.15) is 0 Å². The van der Waals surface area contributed by atoms with Gasteiger partial charge in [0.15, 0.2) is 0 Å². The molecule has 0 saturated heterocycles. The number of carbonyl (C=O) groups is 2. The van der Waals surface area contributed by atoms with Crippen LogP contribution in [0.4, 0.5) is 0 Å². The van der Waals surface area contributed by atoms with Gasteiger partial charge in [-0.3, -0.25) is 0 Å². The normalized spacial score (nSPS) is 8.44. The lowest BCUT2D eigenvalue weighted by atomic mass is 10.2. The molecule has 0 saturated carbocycles. The Balaban J connectivity index is -0.000000187. The molecule has 110 valence electrons. The first-order chi connectivity index (χ1) is 8.47. The van der Waals surface area contributed by atoms with E-state index >= 15 is 0 Å². The molecule has 0 aromatic heterocycles. The van der Waals surface area contributed by atoms with Crippen LogP contribution >= 0.6 is 0 Å². The molecule has 0 bridgehead atoms. The molecular weight excluding hydrogens is 232 g/mol. The maximum Gasteiger partial charge on any atom is 0.414 e. The molecule has 0 spiro atoms. The van der Waals surface area contributed by atoms with Crippen LogP contribution in [-0.2, 0) is 9.59 Å². The molecule has 0 aromatic carbocycles. The van der Waals surface area contributed by atoms with Gasteiger partial charge in [0.25, 0.3) is 0 Å². The van der Waals surface area contributed by atoms with Gasteiger partial charge in [-0.25, -0.2) is 9.59 Å². The second-order valence-electron chi connectivity index (χ2n) is 4.02. The summed E-state index contributed by atoms with van der Waals surface area (Å²) in [6, 6.07) is 0. The number of carboxylic acids is 2. The highest BCUT2D eigenvalue weighted by molar-refractivity contribution is 6.27. The van der Waals surface area contributed by atoms with Gasteiger partial charge in [-0.05, 0) is 0 Å². The molecule has 0 atom stereocenters. The molecule has 2 N–H and O–H groups in total. The summed E-state index contributed by atoms with van der Waals surface area (Å²) in [5, 5.41) is 14.8. The monoisotopic (exact) mass is 262 g/mol. The molecule has 0 radical (unpaired) electrons. The van der Waals surface area contributed by atoms with Crippen molar-refractivity contribution in [1.29, 1.82) is 0 Å². The van der Waals surface area contributed by atoms with Crippen molar-refractivity contribution in [3.05, 3.63) is 0 Å². The number of unbranched alkanes of at least 4 members (excludes halogenated alkanes) is 6. The lowest BCUT2D eigenvalue weighted by molar-refractivity contribution is -0.159. The summed E-state index contributed by atoms with van der Waals surface area (Å²) in [5.41, 5.74) is 0. The van der Waals surface area contributed by atoms with E-state index in [1.54, 1.807) is 0 Å². The predicted octanol–water partition coefficient (Wildman–Crippen LogP) is 4.33. The highest BCUT2D eigenvalue weighted by Gasteiger charge is 2.04. The van der Waals surface area contributed by atoms with E-state index in [-0.39, 0.29) is 0 Å². The van der Waals surface area contributed by atoms with E-state index in [9.17, 15) is 0 Å². The smallest absolute Gasteiger partial charge is 0.414 e. The molecule has 0 fully saturated rings. The summed E-state index contributed by atoms with van der Waals surface area (Å²) in [4.78, 5) is 18.2. The van der Waals surface area contributed by atoms with Gasteiger partial charge in [0.05, 0.1) is 0 Å². The number of rotatable bonds is 6. The fourth-order valence-electron chi connectivity index (χ4n) is 1.000. The predicted molar refractivity (Wildman–Crippen MR) is 74.9 cm³/mol. The van der Waals surface area contributed by atoms with E-state index in [2.05, 4.69) is 27.7 Å². The van der Waals surface area contributed by atoms with Crippen molar-refractivity contribution in [2.24, 2.45) is 0 Å². The van der Waals surface area contributed by atoms with Gasteiger partial charge >= 0.3 is 11.9 Å². The van der Waals surface area contributed by atoms with Crippen molar-refractivity contribution in [2.45, 2.75) is 79.1 Å². The molecule has 0 aliphatic heterocycles. The Bertz CT molecular complexity index is 151. The van der Waals surface area contributed by atoms with Crippen molar-refractivity contribution in [3.8, 4) is 0 Å². The number of hydrogen-bond donors (Lipinski definition) is 2. The molecule has 0 aliphatic rings. The first-order valence-corrected chi connectivity index (χ1v) is 6.93. The van der Waals surface area contributed by atoms with Crippen LogP contribution in [0.15, 0.2) is 0 Å². The molecule has 0 amide bonds. The maximum absolute atomic E-state index is 9.10. The van der Waals surface area contributed by atoms with Crippen molar-refractivity contribution < 1.29 is 19.8 Å². The van der Waals surface area contributed by atoms with Gasteiger partial charge < -0.3 is 10.2 Å². The second-order valence-corrected chi connectivity index (χ2v) is 4.02. The molecule has 18 heavy (non-hydrogen) atoms. The maximum atomic E-state index is 9.10. The summed E-state index contributed by atoms with van der Waals surface area (Å²) in [5.74, 6) is -3.65. The Morgan fingerprint density at radius 1 is 0.611 bits per heavy atom. The average molecular weight is 262 g/mol. The Labute approximate surface area is 111 Å². The first kappa shape index (κ1) is 22.1. The van der Waals surface area contributed by atoms with Gasteiger partial charge in [0.2, 0.25) is 0 Å². The Kier molecular flexibility index (Phi) is 26.1. The summed E-state index contributed by atoms with van der Waals surface area (Å²) in [6.07, 6.45) is 11.1. The summed E-state index contributed by atoms with van der Waals surface area (Å²) in [6.45, 7) is 8.93. The Morgan fingerprint density at radius 2 is 0.778 bits per heavy atom. The average Bonchev–Trinajstić information content (AvgIpc) is 2.35. The van der Waals surface area contributed by atoms with Gasteiger partial charge in [0, 0.05) is 0 Å². The van der Waals surface area contributed by atoms with Crippen LogP contribution in [0.3, 0.4) is 0 Å². The van der Waals surface area contributed by atoms with Crippen LogP contribution in [-0.4, -0.2) is 22.2 Å². The highest BCUT2D eigenvalue weighted by atomic mass is 16.4. The van der Waals surface area contributed by atoms with E-state index < -0.39 is 11.9 Å². The van der Waals surface area contributed by atoms with E-state index in [0.29, 0.717) is 0 Å². The zero-order valence-electron chi connectivity index (χ0n) is 12.4. The van der Waals surface area contributed by atoms with E-state index in [1.165, 1.54) is 51.4 Å². The lowest BCUT2D eigenvalue weighted by Gasteiger charge is -1.86. The van der Waals surface area contributed by atoms with Crippen molar-refractivity contribution in [3.63, 3.8) is 0 Å². The van der Waals surface area contributed by atoms with Crippen LogP contribution in [0.5, 0.6) is 0 Å². The molecule has 0 aromatic rings. The van der Waals surface area contributed by atoms with Gasteiger partial charge in [-0.1, -0.05) is 79.1 Å². The van der Waals surface area contributed by atoms with Crippen molar-refractivity contribution >= 4 is 11.9 Å². The van der Waals surface area contributed by atoms with Crippen molar-refractivity contribution in [2.75, 3.05) is 0 Å². The third-order valence-corrected chi connectivity index (χ3v) is 2.10. The lowest BCUT2D eigenvalue weighted by Crippen LogP contribution is -2.09.